The second-order valence-corrected chi connectivity index (χ2v) is 4.46. The largest absolute Gasteiger partial charge is 0.496 e. The van der Waals surface area contributed by atoms with Crippen molar-refractivity contribution >= 4 is 5.95 Å². The van der Waals surface area contributed by atoms with Gasteiger partial charge in [-0.15, -0.1) is 0 Å². The maximum atomic E-state index is 9.88. The fourth-order valence-electron chi connectivity index (χ4n) is 2.00. The van der Waals surface area contributed by atoms with Gasteiger partial charge < -0.3 is 15.6 Å². The molecule has 0 aliphatic heterocycles. The minimum absolute atomic E-state index is 0.0763. The van der Waals surface area contributed by atoms with E-state index in [-0.39, 0.29) is 11.8 Å². The lowest BCUT2D eigenvalue weighted by Crippen LogP contribution is -2.03. The number of methoxy groups -OCH3 is 1. The van der Waals surface area contributed by atoms with Crippen molar-refractivity contribution in [2.24, 2.45) is 0 Å². The Hall–Kier alpha value is -2.30. The summed E-state index contributed by atoms with van der Waals surface area (Å²) in [4.78, 5) is 7.85. The second-order valence-electron chi connectivity index (χ2n) is 4.46. The zero-order chi connectivity index (χ0) is 14.0. The minimum Gasteiger partial charge on any atom is -0.496 e. The molecular formula is C14H17N3O2. The molecule has 5 heteroatoms. The molecule has 1 aromatic heterocycles. The van der Waals surface area contributed by atoms with Gasteiger partial charge in [-0.05, 0) is 31.0 Å². The van der Waals surface area contributed by atoms with Crippen molar-refractivity contribution in [3.05, 3.63) is 40.6 Å². The molecule has 0 amide bonds. The van der Waals surface area contributed by atoms with Crippen LogP contribution in [0, 0.1) is 13.8 Å². The molecule has 100 valence electrons. The van der Waals surface area contributed by atoms with Gasteiger partial charge in [0.1, 0.15) is 5.75 Å². The number of nitrogens with two attached hydrogens (primary N) is 1. The number of rotatable bonds is 3. The summed E-state index contributed by atoms with van der Waals surface area (Å²) in [5.74, 6) is 0.790. The van der Waals surface area contributed by atoms with Crippen LogP contribution in [0.4, 0.5) is 5.95 Å². The van der Waals surface area contributed by atoms with E-state index in [1.54, 1.807) is 14.0 Å². The Balaban J connectivity index is 2.42. The molecule has 0 unspecified atom stereocenters. The van der Waals surface area contributed by atoms with Crippen LogP contribution in [0.25, 0.3) is 0 Å². The van der Waals surface area contributed by atoms with Gasteiger partial charge in [0.05, 0.1) is 12.8 Å². The first-order valence-electron chi connectivity index (χ1n) is 5.96. The maximum Gasteiger partial charge on any atom is 0.223 e. The number of benzene rings is 1. The molecule has 0 aliphatic carbocycles. The van der Waals surface area contributed by atoms with Crippen molar-refractivity contribution in [3.63, 3.8) is 0 Å². The van der Waals surface area contributed by atoms with Gasteiger partial charge in [0.2, 0.25) is 11.8 Å². The van der Waals surface area contributed by atoms with Crippen LogP contribution in [-0.4, -0.2) is 22.2 Å². The van der Waals surface area contributed by atoms with E-state index in [0.29, 0.717) is 17.7 Å². The third-order valence-corrected chi connectivity index (χ3v) is 3.02. The Bertz CT molecular complexity index is 589. The van der Waals surface area contributed by atoms with E-state index in [4.69, 9.17) is 10.5 Å². The first-order valence-corrected chi connectivity index (χ1v) is 5.96. The minimum atomic E-state index is -0.0763. The van der Waals surface area contributed by atoms with Gasteiger partial charge in [0.25, 0.3) is 0 Å². The van der Waals surface area contributed by atoms with Crippen LogP contribution in [0.1, 0.15) is 22.4 Å². The third-order valence-electron chi connectivity index (χ3n) is 3.02. The van der Waals surface area contributed by atoms with Crippen molar-refractivity contribution in [2.75, 3.05) is 12.8 Å². The summed E-state index contributed by atoms with van der Waals surface area (Å²) in [6.45, 7) is 3.80. The topological polar surface area (TPSA) is 81.3 Å². The number of hydrogen-bond acceptors (Lipinski definition) is 5. The van der Waals surface area contributed by atoms with Crippen LogP contribution in [0.15, 0.2) is 18.2 Å². The van der Waals surface area contributed by atoms with Crippen molar-refractivity contribution in [1.29, 1.82) is 0 Å². The van der Waals surface area contributed by atoms with Crippen LogP contribution >= 0.6 is 0 Å². The second kappa shape index (κ2) is 5.14. The number of nitrogens with zero attached hydrogens (tertiary/aromatic N) is 2. The van der Waals surface area contributed by atoms with Gasteiger partial charge in [0, 0.05) is 12.0 Å². The van der Waals surface area contributed by atoms with E-state index < -0.39 is 0 Å². The van der Waals surface area contributed by atoms with E-state index in [2.05, 4.69) is 9.97 Å². The molecule has 19 heavy (non-hydrogen) atoms. The highest BCUT2D eigenvalue weighted by atomic mass is 16.5. The van der Waals surface area contributed by atoms with Crippen molar-refractivity contribution < 1.29 is 9.84 Å². The summed E-state index contributed by atoms with van der Waals surface area (Å²) in [5, 5.41) is 9.88. The average Bonchev–Trinajstić information content (AvgIpc) is 2.35. The van der Waals surface area contributed by atoms with Crippen molar-refractivity contribution in [3.8, 4) is 11.6 Å². The molecule has 0 saturated heterocycles. The van der Waals surface area contributed by atoms with Crippen LogP contribution in [0.3, 0.4) is 0 Å². The van der Waals surface area contributed by atoms with Gasteiger partial charge in [0.15, 0.2) is 0 Å². The Morgan fingerprint density at radius 3 is 2.63 bits per heavy atom. The van der Waals surface area contributed by atoms with Crippen LogP contribution < -0.4 is 10.5 Å². The van der Waals surface area contributed by atoms with Crippen LogP contribution in [0.2, 0.25) is 0 Å². The first kappa shape index (κ1) is 13.1. The molecule has 0 radical (unpaired) electrons. The molecule has 2 aromatic rings. The lowest BCUT2D eigenvalue weighted by molar-refractivity contribution is 0.409. The quantitative estimate of drug-likeness (QED) is 0.880. The highest BCUT2D eigenvalue weighted by Crippen LogP contribution is 2.27. The zero-order valence-corrected chi connectivity index (χ0v) is 11.3. The number of aryl methyl sites for hydroxylation is 2. The van der Waals surface area contributed by atoms with E-state index in [0.717, 1.165) is 16.9 Å². The summed E-state index contributed by atoms with van der Waals surface area (Å²) < 4.78 is 5.35. The predicted molar refractivity (Wildman–Crippen MR) is 73.4 cm³/mol. The van der Waals surface area contributed by atoms with Gasteiger partial charge in [-0.25, -0.2) is 4.98 Å². The van der Waals surface area contributed by atoms with Gasteiger partial charge in [-0.3, -0.25) is 0 Å². The maximum absolute atomic E-state index is 9.88. The lowest BCUT2D eigenvalue weighted by atomic mass is 10.0. The molecule has 0 aliphatic rings. The molecule has 3 N–H and O–H groups in total. The highest BCUT2D eigenvalue weighted by Gasteiger charge is 2.13. The lowest BCUT2D eigenvalue weighted by Gasteiger charge is -2.12. The van der Waals surface area contributed by atoms with Gasteiger partial charge >= 0.3 is 0 Å². The average molecular weight is 259 g/mol. The summed E-state index contributed by atoms with van der Waals surface area (Å²) in [5.41, 5.74) is 8.92. The number of aromatic nitrogens is 2. The molecule has 0 spiro atoms. The van der Waals surface area contributed by atoms with Gasteiger partial charge in [-0.2, -0.15) is 4.98 Å². The standard InChI is InChI=1S/C14H17N3O2/c1-8-4-5-10(12(6-8)19-3)7-11-9(2)16-14(15)17-13(11)18/h4-6H,7H2,1-3H3,(H3,15,16,17,18). The molecule has 5 nitrogen and oxygen atoms in total. The fraction of sp³-hybridized carbons (Fsp3) is 0.286. The van der Waals surface area contributed by atoms with Gasteiger partial charge in [-0.1, -0.05) is 12.1 Å². The molecule has 0 fully saturated rings. The van der Waals surface area contributed by atoms with Crippen molar-refractivity contribution in [2.45, 2.75) is 20.3 Å². The number of aromatic hydroxyl groups is 1. The number of hydrogen-bond donors (Lipinski definition) is 2. The summed E-state index contributed by atoms with van der Waals surface area (Å²) in [7, 11) is 1.63. The molecule has 2 rings (SSSR count). The predicted octanol–water partition coefficient (Wildman–Crippen LogP) is 1.98. The molecule has 0 atom stereocenters. The normalized spacial score (nSPS) is 10.5. The van der Waals surface area contributed by atoms with E-state index in [9.17, 15) is 5.11 Å². The fourth-order valence-corrected chi connectivity index (χ4v) is 2.00. The monoisotopic (exact) mass is 259 g/mol. The number of nitrogen functional groups attached to an aromatic ring is 1. The Morgan fingerprint density at radius 1 is 1.26 bits per heavy atom. The first-order chi connectivity index (χ1) is 9.01. The molecule has 0 bridgehead atoms. The number of ether oxygens (including phenoxy) is 1. The van der Waals surface area contributed by atoms with Crippen LogP contribution in [0.5, 0.6) is 11.6 Å². The highest BCUT2D eigenvalue weighted by molar-refractivity contribution is 5.44. The molecular weight excluding hydrogens is 242 g/mol. The molecule has 1 aromatic carbocycles. The van der Waals surface area contributed by atoms with Crippen LogP contribution in [-0.2, 0) is 6.42 Å². The SMILES string of the molecule is COc1cc(C)ccc1Cc1c(C)nc(N)nc1O. The Morgan fingerprint density at radius 2 is 2.00 bits per heavy atom. The Kier molecular flexibility index (Phi) is 3.55. The smallest absolute Gasteiger partial charge is 0.223 e. The number of anilines is 1. The summed E-state index contributed by atoms with van der Waals surface area (Å²) in [6, 6.07) is 5.94. The van der Waals surface area contributed by atoms with E-state index >= 15 is 0 Å². The zero-order valence-electron chi connectivity index (χ0n) is 11.3. The van der Waals surface area contributed by atoms with E-state index in [1.165, 1.54) is 0 Å². The third kappa shape index (κ3) is 2.76. The molecule has 1 heterocycles. The van der Waals surface area contributed by atoms with E-state index in [1.807, 2.05) is 25.1 Å². The summed E-state index contributed by atoms with van der Waals surface area (Å²) >= 11 is 0. The Labute approximate surface area is 112 Å². The van der Waals surface area contributed by atoms with Crippen molar-refractivity contribution in [1.82, 2.24) is 9.97 Å². The summed E-state index contributed by atoms with van der Waals surface area (Å²) in [6.07, 6.45) is 0.501. The molecule has 0 saturated carbocycles.